The van der Waals surface area contributed by atoms with Crippen molar-refractivity contribution < 1.29 is 19.0 Å². The summed E-state index contributed by atoms with van der Waals surface area (Å²) in [5.74, 6) is 1.13. The van der Waals surface area contributed by atoms with E-state index in [9.17, 15) is 9.59 Å². The van der Waals surface area contributed by atoms with Crippen LogP contribution in [0.2, 0.25) is 5.02 Å². The van der Waals surface area contributed by atoms with E-state index in [4.69, 9.17) is 41.2 Å². The standard InChI is InChI=1S/C32H41ClN8O5S/c1-18-26(40-30(43)46-31(2,3)4)32(16-45-18)10-12-41(13-11-32)21-15-35-25(28(38-21)39-22-7-5-6-14-44-22)27(34)47-20-9-8-19-23(24(20)33)29(42)37-17-36-19/h8-9,15,17-18,22,26,34H,5-7,10-14,16H2,1-4H3,(H,38,39)(H,40,43)(H,36,37,42)/t18-,22?,26+/m0/s1. The summed E-state index contributed by atoms with van der Waals surface area (Å²) in [5.41, 5.74) is -0.312. The fraction of sp³-hybridized carbons (Fsp3) is 0.562. The van der Waals surface area contributed by atoms with Crippen molar-refractivity contribution in [2.75, 3.05) is 36.5 Å². The average Bonchev–Trinajstić information content (AvgIpc) is 3.32. The van der Waals surface area contributed by atoms with Gasteiger partial charge in [-0.05, 0) is 71.9 Å². The van der Waals surface area contributed by atoms with E-state index in [1.165, 1.54) is 6.33 Å². The number of nitrogens with zero attached hydrogens (tertiary/aromatic N) is 4. The van der Waals surface area contributed by atoms with Crippen LogP contribution in [-0.4, -0.2) is 81.4 Å². The lowest BCUT2D eigenvalue weighted by molar-refractivity contribution is 0.0340. The SMILES string of the molecule is C[C@@H]1OCC2(CCN(c3cnc(C(=N)Sc4ccc5nc[nH]c(=O)c5c4Cl)c(NC4CCCCO4)n3)CC2)[C@@H]1NC(=O)OC(C)(C)C. The summed E-state index contributed by atoms with van der Waals surface area (Å²) in [6.45, 7) is 10.1. The van der Waals surface area contributed by atoms with Crippen LogP contribution in [0, 0.1) is 10.8 Å². The Bertz CT molecular complexity index is 1700. The highest BCUT2D eigenvalue weighted by Crippen LogP contribution is 2.43. The van der Waals surface area contributed by atoms with Crippen LogP contribution < -0.4 is 21.1 Å². The maximum absolute atomic E-state index is 12.7. The Morgan fingerprint density at radius 3 is 2.72 bits per heavy atom. The number of hydrogen-bond donors (Lipinski definition) is 4. The Labute approximate surface area is 282 Å². The molecule has 3 saturated heterocycles. The molecule has 47 heavy (non-hydrogen) atoms. The van der Waals surface area contributed by atoms with Gasteiger partial charge in [0.2, 0.25) is 0 Å². The van der Waals surface area contributed by atoms with Gasteiger partial charge in [-0.1, -0.05) is 23.4 Å². The number of benzene rings is 1. The van der Waals surface area contributed by atoms with E-state index >= 15 is 0 Å². The molecule has 5 heterocycles. The molecule has 4 N–H and O–H groups in total. The van der Waals surface area contributed by atoms with Gasteiger partial charge in [0.25, 0.3) is 5.56 Å². The fourth-order valence-corrected chi connectivity index (χ4v) is 7.62. The van der Waals surface area contributed by atoms with E-state index in [-0.39, 0.29) is 44.8 Å². The van der Waals surface area contributed by atoms with E-state index in [0.29, 0.717) is 54.0 Å². The molecule has 3 atom stereocenters. The number of aromatic nitrogens is 4. The Morgan fingerprint density at radius 2 is 2.00 bits per heavy atom. The van der Waals surface area contributed by atoms with Crippen LogP contribution in [0.15, 0.2) is 34.3 Å². The van der Waals surface area contributed by atoms with E-state index in [1.54, 1.807) is 18.3 Å². The minimum absolute atomic E-state index is 0.120. The van der Waals surface area contributed by atoms with Gasteiger partial charge in [0.05, 0.1) is 47.2 Å². The van der Waals surface area contributed by atoms with Gasteiger partial charge in [-0.15, -0.1) is 0 Å². The molecule has 3 aliphatic rings. The van der Waals surface area contributed by atoms with Crippen molar-refractivity contribution >= 4 is 57.0 Å². The molecule has 0 saturated carbocycles. The predicted octanol–water partition coefficient (Wildman–Crippen LogP) is 5.32. The second-order valence-corrected chi connectivity index (χ2v) is 14.8. The molecule has 0 aliphatic carbocycles. The number of anilines is 2. The number of piperidine rings is 1. The number of thioether (sulfide) groups is 1. The lowest BCUT2D eigenvalue weighted by atomic mass is 9.73. The van der Waals surface area contributed by atoms with E-state index in [2.05, 4.69) is 25.5 Å². The summed E-state index contributed by atoms with van der Waals surface area (Å²) in [4.78, 5) is 44.3. The lowest BCUT2D eigenvalue weighted by Crippen LogP contribution is -2.55. The molecule has 1 spiro atoms. The number of rotatable bonds is 6. The number of fused-ring (bicyclic) bond motifs is 1. The molecule has 3 fully saturated rings. The van der Waals surface area contributed by atoms with Crippen LogP contribution >= 0.6 is 23.4 Å². The van der Waals surface area contributed by atoms with E-state index in [0.717, 1.165) is 43.9 Å². The number of carbonyl (C=O) groups is 1. The first kappa shape index (κ1) is 33.4. The van der Waals surface area contributed by atoms with Crippen LogP contribution in [0.3, 0.4) is 0 Å². The monoisotopic (exact) mass is 684 g/mol. The summed E-state index contributed by atoms with van der Waals surface area (Å²) >= 11 is 7.73. The zero-order valence-corrected chi connectivity index (χ0v) is 28.6. The van der Waals surface area contributed by atoms with Crippen LogP contribution in [0.1, 0.15) is 65.5 Å². The van der Waals surface area contributed by atoms with Crippen molar-refractivity contribution in [3.05, 3.63) is 45.7 Å². The van der Waals surface area contributed by atoms with Gasteiger partial charge >= 0.3 is 6.09 Å². The Kier molecular flexibility index (Phi) is 9.66. The van der Waals surface area contributed by atoms with Crippen LogP contribution in [0.25, 0.3) is 10.9 Å². The molecule has 2 aromatic heterocycles. The van der Waals surface area contributed by atoms with E-state index in [1.807, 2.05) is 27.7 Å². The van der Waals surface area contributed by atoms with Gasteiger partial charge in [-0.2, -0.15) is 0 Å². The molecule has 13 nitrogen and oxygen atoms in total. The number of ether oxygens (including phenoxy) is 3. The van der Waals surface area contributed by atoms with Gasteiger partial charge in [-0.3, -0.25) is 10.2 Å². The normalized spacial score (nSPS) is 22.7. The third-order valence-corrected chi connectivity index (χ3v) is 10.4. The molecule has 0 bridgehead atoms. The van der Waals surface area contributed by atoms with Crippen molar-refractivity contribution in [3.8, 4) is 0 Å². The molecule has 6 rings (SSSR count). The number of hydrogen-bond acceptors (Lipinski definition) is 12. The maximum atomic E-state index is 12.7. The first-order chi connectivity index (χ1) is 22.4. The molecule has 1 unspecified atom stereocenters. The van der Waals surface area contributed by atoms with Gasteiger partial charge in [0.1, 0.15) is 28.4 Å². The second kappa shape index (κ2) is 13.6. The van der Waals surface area contributed by atoms with Crippen LogP contribution in [-0.2, 0) is 14.2 Å². The van der Waals surface area contributed by atoms with Crippen molar-refractivity contribution in [2.45, 2.75) is 88.7 Å². The molecule has 252 valence electrons. The molecular formula is C32H41ClN8O5S. The van der Waals surface area contributed by atoms with Gasteiger partial charge in [0, 0.05) is 30.0 Å². The third kappa shape index (κ3) is 7.35. The van der Waals surface area contributed by atoms with Crippen molar-refractivity contribution in [1.82, 2.24) is 25.3 Å². The summed E-state index contributed by atoms with van der Waals surface area (Å²) in [6, 6.07) is 3.29. The quantitative estimate of drug-likeness (QED) is 0.151. The number of alkyl carbamates (subject to hydrolysis) is 1. The number of carbonyl (C=O) groups excluding carboxylic acids is 1. The number of halogens is 1. The first-order valence-corrected chi connectivity index (χ1v) is 17.2. The average molecular weight is 685 g/mol. The molecular weight excluding hydrogens is 644 g/mol. The van der Waals surface area contributed by atoms with Crippen LogP contribution in [0.5, 0.6) is 0 Å². The summed E-state index contributed by atoms with van der Waals surface area (Å²) in [5, 5.41) is 16.1. The highest BCUT2D eigenvalue weighted by molar-refractivity contribution is 8.14. The second-order valence-electron chi connectivity index (χ2n) is 13.3. The Balaban J connectivity index is 1.21. The minimum Gasteiger partial charge on any atom is -0.444 e. The molecule has 3 aromatic rings. The molecule has 1 aromatic carbocycles. The number of nitrogens with one attached hydrogen (secondary N) is 4. The van der Waals surface area contributed by atoms with Crippen molar-refractivity contribution in [3.63, 3.8) is 0 Å². The number of amides is 1. The molecule has 1 amide bonds. The van der Waals surface area contributed by atoms with Gasteiger partial charge in [-0.25, -0.2) is 19.7 Å². The highest BCUT2D eigenvalue weighted by Gasteiger charge is 2.50. The zero-order valence-electron chi connectivity index (χ0n) is 27.0. The topological polar surface area (TPSA) is 167 Å². The first-order valence-electron chi connectivity index (χ1n) is 16.0. The predicted molar refractivity (Wildman–Crippen MR) is 182 cm³/mol. The smallest absolute Gasteiger partial charge is 0.407 e. The van der Waals surface area contributed by atoms with Crippen LogP contribution in [0.4, 0.5) is 16.4 Å². The summed E-state index contributed by atoms with van der Waals surface area (Å²) in [6.07, 6.45) is 6.62. The number of aromatic amines is 1. The molecule has 15 heteroatoms. The van der Waals surface area contributed by atoms with Gasteiger partial charge in [0.15, 0.2) is 5.82 Å². The lowest BCUT2D eigenvalue weighted by Gasteiger charge is -2.43. The van der Waals surface area contributed by atoms with Crippen molar-refractivity contribution in [1.29, 1.82) is 5.41 Å². The molecule has 0 radical (unpaired) electrons. The minimum atomic E-state index is -0.588. The Morgan fingerprint density at radius 1 is 1.21 bits per heavy atom. The fourth-order valence-electron chi connectivity index (χ4n) is 6.47. The number of H-pyrrole nitrogens is 1. The van der Waals surface area contributed by atoms with Gasteiger partial charge < -0.3 is 34.7 Å². The van der Waals surface area contributed by atoms with Crippen molar-refractivity contribution in [2.24, 2.45) is 5.41 Å². The third-order valence-electron chi connectivity index (χ3n) is 8.89. The largest absolute Gasteiger partial charge is 0.444 e. The summed E-state index contributed by atoms with van der Waals surface area (Å²) < 4.78 is 17.6. The summed E-state index contributed by atoms with van der Waals surface area (Å²) in [7, 11) is 0. The zero-order chi connectivity index (χ0) is 33.3. The Hall–Kier alpha value is -3.46. The van der Waals surface area contributed by atoms with E-state index < -0.39 is 11.7 Å². The maximum Gasteiger partial charge on any atom is 0.407 e. The molecule has 3 aliphatic heterocycles. The highest BCUT2D eigenvalue weighted by atomic mass is 35.5.